The van der Waals surface area contributed by atoms with Crippen molar-refractivity contribution in [2.45, 2.75) is 12.5 Å². The molecule has 0 bridgehead atoms. The van der Waals surface area contributed by atoms with Crippen molar-refractivity contribution >= 4 is 23.4 Å². The highest BCUT2D eigenvalue weighted by Crippen LogP contribution is 2.33. The molecule has 1 unspecified atom stereocenters. The van der Waals surface area contributed by atoms with Crippen LogP contribution < -0.4 is 10.6 Å². The van der Waals surface area contributed by atoms with E-state index in [0.717, 1.165) is 5.69 Å². The van der Waals surface area contributed by atoms with Gasteiger partial charge in [0.1, 0.15) is 12.1 Å². The average molecular weight is 284 g/mol. The second-order valence-electron chi connectivity index (χ2n) is 4.65. The molecular weight excluding hydrogens is 272 g/mol. The minimum Gasteiger partial charge on any atom is -0.465 e. The lowest BCUT2D eigenvalue weighted by atomic mass is 10.1. The van der Waals surface area contributed by atoms with Crippen molar-refractivity contribution < 1.29 is 14.7 Å². The van der Waals surface area contributed by atoms with Crippen LogP contribution in [0.2, 0.25) is 0 Å². The number of ketones is 1. The maximum Gasteiger partial charge on any atom is 0.405 e. The van der Waals surface area contributed by atoms with Gasteiger partial charge in [0.25, 0.3) is 0 Å². The molecule has 1 aliphatic rings. The lowest BCUT2D eigenvalue weighted by Gasteiger charge is -2.12. The number of fused-ring (bicyclic) bond motifs is 1. The highest BCUT2D eigenvalue weighted by atomic mass is 16.4. The van der Waals surface area contributed by atoms with Crippen molar-refractivity contribution in [2.75, 3.05) is 5.32 Å². The molecule has 0 aliphatic heterocycles. The number of rotatable bonds is 3. The first-order valence-electron chi connectivity index (χ1n) is 6.33. The summed E-state index contributed by atoms with van der Waals surface area (Å²) in [6.45, 7) is 0. The van der Waals surface area contributed by atoms with Crippen LogP contribution in [-0.4, -0.2) is 27.0 Å². The van der Waals surface area contributed by atoms with Gasteiger partial charge < -0.3 is 15.7 Å². The average Bonchev–Trinajstić information content (AvgIpc) is 2.75. The predicted molar refractivity (Wildman–Crippen MR) is 74.6 cm³/mol. The van der Waals surface area contributed by atoms with Crippen LogP contribution in [0.3, 0.4) is 0 Å². The van der Waals surface area contributed by atoms with Gasteiger partial charge in [0.05, 0.1) is 6.04 Å². The Balaban J connectivity index is 1.89. The molecule has 1 heterocycles. The van der Waals surface area contributed by atoms with E-state index in [2.05, 4.69) is 20.6 Å². The topological polar surface area (TPSA) is 104 Å². The second kappa shape index (κ2) is 5.20. The van der Waals surface area contributed by atoms with Gasteiger partial charge in [-0.3, -0.25) is 4.79 Å². The van der Waals surface area contributed by atoms with Gasteiger partial charge in [-0.1, -0.05) is 0 Å². The number of hydrogen-bond donors (Lipinski definition) is 3. The Hall–Kier alpha value is -2.96. The molecule has 0 spiro atoms. The first-order chi connectivity index (χ1) is 10.1. The van der Waals surface area contributed by atoms with Crippen molar-refractivity contribution in [1.29, 1.82) is 0 Å². The molecular formula is C14H12N4O3. The number of amides is 1. The van der Waals surface area contributed by atoms with Crippen LogP contribution in [0.1, 0.15) is 28.4 Å². The molecule has 0 saturated heterocycles. The van der Waals surface area contributed by atoms with Crippen LogP contribution in [-0.2, 0) is 0 Å². The number of carbonyl (C=O) groups is 2. The minimum absolute atomic E-state index is 0.0580. The molecule has 21 heavy (non-hydrogen) atoms. The molecule has 0 saturated carbocycles. The van der Waals surface area contributed by atoms with Gasteiger partial charge in [-0.15, -0.1) is 0 Å². The molecule has 7 heteroatoms. The van der Waals surface area contributed by atoms with Gasteiger partial charge in [-0.2, -0.15) is 0 Å². The smallest absolute Gasteiger partial charge is 0.405 e. The number of nitrogens with one attached hydrogen (secondary N) is 2. The van der Waals surface area contributed by atoms with Crippen molar-refractivity contribution in [3.8, 4) is 0 Å². The monoisotopic (exact) mass is 284 g/mol. The molecule has 0 radical (unpaired) electrons. The van der Waals surface area contributed by atoms with Crippen molar-refractivity contribution in [1.82, 2.24) is 15.3 Å². The lowest BCUT2D eigenvalue weighted by Crippen LogP contribution is -2.25. The van der Waals surface area contributed by atoms with Gasteiger partial charge in [0.15, 0.2) is 5.78 Å². The zero-order valence-corrected chi connectivity index (χ0v) is 10.9. The molecule has 1 amide bonds. The number of hydrogen-bond acceptors (Lipinski definition) is 5. The fourth-order valence-corrected chi connectivity index (χ4v) is 2.38. The fraction of sp³-hybridized carbons (Fsp3) is 0.143. The van der Waals surface area contributed by atoms with Gasteiger partial charge in [-0.05, 0) is 29.8 Å². The molecule has 1 aromatic heterocycles. The van der Waals surface area contributed by atoms with E-state index in [9.17, 15) is 9.59 Å². The summed E-state index contributed by atoms with van der Waals surface area (Å²) in [6.07, 6.45) is 2.04. The summed E-state index contributed by atoms with van der Waals surface area (Å²) < 4.78 is 0. The molecule has 3 rings (SSSR count). The predicted octanol–water partition coefficient (Wildman–Crippen LogP) is 2.12. The molecule has 1 aromatic carbocycles. The Morgan fingerprint density at radius 1 is 1.33 bits per heavy atom. The third kappa shape index (κ3) is 2.66. The van der Waals surface area contributed by atoms with Crippen LogP contribution in [0, 0.1) is 0 Å². The molecule has 1 aliphatic carbocycles. The molecule has 2 aromatic rings. The summed E-state index contributed by atoms with van der Waals surface area (Å²) in [5.41, 5.74) is 1.97. The summed E-state index contributed by atoms with van der Waals surface area (Å²) >= 11 is 0. The number of benzene rings is 1. The standard InChI is InChI=1S/C14H12N4O3/c19-12-6-11(18-14(20)21)10-5-8(1-2-9(10)12)17-13-3-4-15-7-16-13/h1-5,7,11,18H,6H2,(H,20,21)(H,15,16,17). The van der Waals surface area contributed by atoms with E-state index >= 15 is 0 Å². The number of carbonyl (C=O) groups excluding carboxylic acids is 1. The Labute approximate surface area is 120 Å². The third-order valence-electron chi connectivity index (χ3n) is 3.27. The maximum atomic E-state index is 11.9. The van der Waals surface area contributed by atoms with E-state index in [1.54, 1.807) is 30.5 Å². The summed E-state index contributed by atoms with van der Waals surface area (Å²) in [5, 5.41) is 14.3. The summed E-state index contributed by atoms with van der Waals surface area (Å²) in [7, 11) is 0. The van der Waals surface area contributed by atoms with Crippen molar-refractivity contribution in [3.63, 3.8) is 0 Å². The van der Waals surface area contributed by atoms with E-state index < -0.39 is 12.1 Å². The SMILES string of the molecule is O=C(O)NC1CC(=O)c2ccc(Nc3ccncn3)cc21. The van der Waals surface area contributed by atoms with Crippen molar-refractivity contribution in [3.05, 3.63) is 47.9 Å². The maximum absolute atomic E-state index is 11.9. The quantitative estimate of drug-likeness (QED) is 0.797. The van der Waals surface area contributed by atoms with Gasteiger partial charge in [-0.25, -0.2) is 14.8 Å². The van der Waals surface area contributed by atoms with E-state index in [-0.39, 0.29) is 12.2 Å². The van der Waals surface area contributed by atoms with Crippen LogP contribution in [0.25, 0.3) is 0 Å². The molecule has 1 atom stereocenters. The van der Waals surface area contributed by atoms with E-state index in [4.69, 9.17) is 5.11 Å². The largest absolute Gasteiger partial charge is 0.465 e. The van der Waals surface area contributed by atoms with Crippen LogP contribution in [0.15, 0.2) is 36.8 Å². The lowest BCUT2D eigenvalue weighted by molar-refractivity contribution is 0.0986. The molecule has 7 nitrogen and oxygen atoms in total. The summed E-state index contributed by atoms with van der Waals surface area (Å²) in [4.78, 5) is 30.5. The van der Waals surface area contributed by atoms with E-state index in [1.807, 2.05) is 0 Å². The molecule has 3 N–H and O–H groups in total. The second-order valence-corrected chi connectivity index (χ2v) is 4.65. The van der Waals surface area contributed by atoms with Crippen LogP contribution in [0.5, 0.6) is 0 Å². The molecule has 106 valence electrons. The van der Waals surface area contributed by atoms with Crippen LogP contribution >= 0.6 is 0 Å². The van der Waals surface area contributed by atoms with Crippen LogP contribution in [0.4, 0.5) is 16.3 Å². The van der Waals surface area contributed by atoms with E-state index in [0.29, 0.717) is 16.9 Å². The fourth-order valence-electron chi connectivity index (χ4n) is 2.38. The van der Waals surface area contributed by atoms with E-state index in [1.165, 1.54) is 6.33 Å². The molecule has 0 fully saturated rings. The van der Waals surface area contributed by atoms with Gasteiger partial charge in [0.2, 0.25) is 0 Å². The zero-order valence-electron chi connectivity index (χ0n) is 10.9. The first kappa shape index (κ1) is 13.0. The number of nitrogens with zero attached hydrogens (tertiary/aromatic N) is 2. The number of carboxylic acid groups (broad SMARTS) is 1. The summed E-state index contributed by atoms with van der Waals surface area (Å²) in [6, 6.07) is 6.44. The van der Waals surface area contributed by atoms with Gasteiger partial charge in [0, 0.05) is 23.9 Å². The first-order valence-corrected chi connectivity index (χ1v) is 6.33. The normalized spacial score (nSPS) is 16.4. The highest BCUT2D eigenvalue weighted by molar-refractivity contribution is 6.02. The number of Topliss-reactive ketones (excluding diaryl/α,β-unsaturated/α-hetero) is 1. The Bertz CT molecular complexity index is 701. The Morgan fingerprint density at radius 2 is 2.19 bits per heavy atom. The van der Waals surface area contributed by atoms with Crippen molar-refractivity contribution in [2.24, 2.45) is 0 Å². The summed E-state index contributed by atoms with van der Waals surface area (Å²) in [5.74, 6) is 0.564. The Kier molecular flexibility index (Phi) is 3.23. The minimum atomic E-state index is -1.14. The highest BCUT2D eigenvalue weighted by Gasteiger charge is 2.30. The Morgan fingerprint density at radius 3 is 2.90 bits per heavy atom. The number of aromatic nitrogens is 2. The number of anilines is 2. The zero-order chi connectivity index (χ0) is 14.8. The van der Waals surface area contributed by atoms with Gasteiger partial charge >= 0.3 is 6.09 Å². The third-order valence-corrected chi connectivity index (χ3v) is 3.27.